The van der Waals surface area contributed by atoms with Gasteiger partial charge >= 0.3 is 0 Å². The van der Waals surface area contributed by atoms with E-state index in [0.29, 0.717) is 12.1 Å². The highest BCUT2D eigenvalue weighted by atomic mass is 16.5. The molecule has 2 rings (SSSR count). The standard InChI is InChI=1S/C21H29NO3/c1-15(12-17-6-9-19(23-3)10-7-17)22-16(2)13-18-8-11-20(24-4)21(14-18)25-5/h6-11,14-16,22H,12-13H2,1-5H3. The van der Waals surface area contributed by atoms with E-state index in [1.165, 1.54) is 11.1 Å². The first-order valence-corrected chi connectivity index (χ1v) is 8.65. The van der Waals surface area contributed by atoms with Gasteiger partial charge in [0.2, 0.25) is 0 Å². The van der Waals surface area contributed by atoms with Crippen molar-refractivity contribution in [2.24, 2.45) is 0 Å². The normalized spacial score (nSPS) is 13.2. The molecule has 0 aliphatic carbocycles. The highest BCUT2D eigenvalue weighted by Gasteiger charge is 2.11. The molecule has 2 unspecified atom stereocenters. The second-order valence-electron chi connectivity index (χ2n) is 6.41. The minimum absolute atomic E-state index is 0.367. The van der Waals surface area contributed by atoms with Gasteiger partial charge in [-0.3, -0.25) is 0 Å². The van der Waals surface area contributed by atoms with Crippen LogP contribution < -0.4 is 19.5 Å². The second-order valence-corrected chi connectivity index (χ2v) is 6.41. The quantitative estimate of drug-likeness (QED) is 0.750. The van der Waals surface area contributed by atoms with Gasteiger partial charge < -0.3 is 19.5 Å². The van der Waals surface area contributed by atoms with Crippen LogP contribution in [0.5, 0.6) is 17.2 Å². The van der Waals surface area contributed by atoms with Crippen LogP contribution in [0.4, 0.5) is 0 Å². The lowest BCUT2D eigenvalue weighted by Gasteiger charge is -2.21. The topological polar surface area (TPSA) is 39.7 Å². The van der Waals surface area contributed by atoms with E-state index in [0.717, 1.165) is 30.1 Å². The first-order chi connectivity index (χ1) is 12.0. The van der Waals surface area contributed by atoms with Crippen molar-refractivity contribution in [1.82, 2.24) is 5.32 Å². The van der Waals surface area contributed by atoms with Crippen molar-refractivity contribution in [3.8, 4) is 17.2 Å². The third-order valence-electron chi connectivity index (χ3n) is 4.26. The monoisotopic (exact) mass is 343 g/mol. The van der Waals surface area contributed by atoms with Crippen LogP contribution in [0, 0.1) is 0 Å². The fourth-order valence-electron chi connectivity index (χ4n) is 3.08. The van der Waals surface area contributed by atoms with Gasteiger partial charge in [-0.25, -0.2) is 0 Å². The molecule has 0 aliphatic heterocycles. The molecule has 0 aliphatic rings. The van der Waals surface area contributed by atoms with Crippen molar-refractivity contribution < 1.29 is 14.2 Å². The summed E-state index contributed by atoms with van der Waals surface area (Å²) in [5.74, 6) is 2.43. The predicted octanol–water partition coefficient (Wildman–Crippen LogP) is 3.86. The zero-order chi connectivity index (χ0) is 18.2. The zero-order valence-corrected chi connectivity index (χ0v) is 15.8. The van der Waals surface area contributed by atoms with Crippen LogP contribution in [0.2, 0.25) is 0 Å². The maximum Gasteiger partial charge on any atom is 0.160 e. The molecule has 2 aromatic rings. The number of methoxy groups -OCH3 is 3. The molecule has 0 bridgehead atoms. The first-order valence-electron chi connectivity index (χ1n) is 8.65. The Hall–Kier alpha value is -2.20. The van der Waals surface area contributed by atoms with Crippen LogP contribution in [-0.2, 0) is 12.8 Å². The van der Waals surface area contributed by atoms with Gasteiger partial charge in [-0.05, 0) is 62.1 Å². The summed E-state index contributed by atoms with van der Waals surface area (Å²) in [5, 5.41) is 3.67. The van der Waals surface area contributed by atoms with Gasteiger partial charge in [0.1, 0.15) is 5.75 Å². The Balaban J connectivity index is 1.89. The van der Waals surface area contributed by atoms with Crippen molar-refractivity contribution in [3.63, 3.8) is 0 Å². The van der Waals surface area contributed by atoms with Gasteiger partial charge in [0.25, 0.3) is 0 Å². The molecule has 0 heterocycles. The first kappa shape index (κ1) is 19.1. The van der Waals surface area contributed by atoms with Gasteiger partial charge in [0.15, 0.2) is 11.5 Å². The van der Waals surface area contributed by atoms with Crippen LogP contribution in [0.15, 0.2) is 42.5 Å². The van der Waals surface area contributed by atoms with Gasteiger partial charge in [-0.2, -0.15) is 0 Å². The van der Waals surface area contributed by atoms with E-state index in [4.69, 9.17) is 14.2 Å². The summed E-state index contributed by atoms with van der Waals surface area (Å²) in [4.78, 5) is 0. The van der Waals surface area contributed by atoms with Gasteiger partial charge in [-0.1, -0.05) is 18.2 Å². The Morgan fingerprint density at radius 3 is 1.84 bits per heavy atom. The molecular formula is C21H29NO3. The predicted molar refractivity (Wildman–Crippen MR) is 102 cm³/mol. The highest BCUT2D eigenvalue weighted by Crippen LogP contribution is 2.28. The number of hydrogen-bond donors (Lipinski definition) is 1. The van der Waals surface area contributed by atoms with Crippen molar-refractivity contribution in [2.75, 3.05) is 21.3 Å². The lowest BCUT2D eigenvalue weighted by molar-refractivity contribution is 0.354. The smallest absolute Gasteiger partial charge is 0.160 e. The fraction of sp³-hybridized carbons (Fsp3) is 0.429. The van der Waals surface area contributed by atoms with Gasteiger partial charge in [-0.15, -0.1) is 0 Å². The molecule has 136 valence electrons. The van der Waals surface area contributed by atoms with E-state index in [-0.39, 0.29) is 0 Å². The number of nitrogens with one attached hydrogen (secondary N) is 1. The third kappa shape index (κ3) is 5.68. The minimum atomic E-state index is 0.367. The molecule has 4 heteroatoms. The summed E-state index contributed by atoms with van der Waals surface area (Å²) in [7, 11) is 5.01. The average molecular weight is 343 g/mol. The Bertz CT molecular complexity index is 655. The van der Waals surface area contributed by atoms with Crippen LogP contribution >= 0.6 is 0 Å². The number of hydrogen-bond acceptors (Lipinski definition) is 4. The summed E-state index contributed by atoms with van der Waals surface area (Å²) in [6, 6.07) is 15.1. The molecule has 2 atom stereocenters. The zero-order valence-electron chi connectivity index (χ0n) is 15.8. The van der Waals surface area contributed by atoms with Crippen LogP contribution in [0.3, 0.4) is 0 Å². The molecule has 2 aromatic carbocycles. The molecule has 0 saturated carbocycles. The Morgan fingerprint density at radius 2 is 1.28 bits per heavy atom. The van der Waals surface area contributed by atoms with E-state index >= 15 is 0 Å². The second kappa shape index (κ2) is 9.33. The van der Waals surface area contributed by atoms with E-state index in [2.05, 4.69) is 37.4 Å². The lowest BCUT2D eigenvalue weighted by Crippen LogP contribution is -2.37. The molecule has 25 heavy (non-hydrogen) atoms. The molecule has 0 saturated heterocycles. The van der Waals surface area contributed by atoms with Crippen LogP contribution in [-0.4, -0.2) is 33.4 Å². The van der Waals surface area contributed by atoms with Gasteiger partial charge in [0, 0.05) is 12.1 Å². The van der Waals surface area contributed by atoms with E-state index in [1.54, 1.807) is 21.3 Å². The van der Waals surface area contributed by atoms with Crippen molar-refractivity contribution in [2.45, 2.75) is 38.8 Å². The third-order valence-corrected chi connectivity index (χ3v) is 4.26. The number of rotatable bonds is 9. The molecule has 0 aromatic heterocycles. The molecule has 0 amide bonds. The SMILES string of the molecule is COc1ccc(CC(C)NC(C)Cc2ccc(OC)c(OC)c2)cc1. The van der Waals surface area contributed by atoms with E-state index in [1.807, 2.05) is 24.3 Å². The summed E-state index contributed by atoms with van der Waals surface area (Å²) < 4.78 is 15.9. The summed E-state index contributed by atoms with van der Waals surface area (Å²) in [6.45, 7) is 4.43. The molecule has 4 nitrogen and oxygen atoms in total. The largest absolute Gasteiger partial charge is 0.497 e. The van der Waals surface area contributed by atoms with E-state index < -0.39 is 0 Å². The van der Waals surface area contributed by atoms with Crippen LogP contribution in [0.25, 0.3) is 0 Å². The van der Waals surface area contributed by atoms with Crippen molar-refractivity contribution in [3.05, 3.63) is 53.6 Å². The Kier molecular flexibility index (Phi) is 7.14. The summed E-state index contributed by atoms with van der Waals surface area (Å²) in [6.07, 6.45) is 1.92. The highest BCUT2D eigenvalue weighted by molar-refractivity contribution is 5.43. The maximum atomic E-state index is 5.38. The number of benzene rings is 2. The lowest BCUT2D eigenvalue weighted by atomic mass is 10.0. The van der Waals surface area contributed by atoms with Crippen molar-refractivity contribution >= 4 is 0 Å². The molecule has 0 fully saturated rings. The summed E-state index contributed by atoms with van der Waals surface area (Å²) >= 11 is 0. The molecule has 0 spiro atoms. The van der Waals surface area contributed by atoms with Gasteiger partial charge in [0.05, 0.1) is 21.3 Å². The Labute approximate surface area is 151 Å². The average Bonchev–Trinajstić information content (AvgIpc) is 2.62. The Morgan fingerprint density at radius 1 is 0.720 bits per heavy atom. The van der Waals surface area contributed by atoms with E-state index in [9.17, 15) is 0 Å². The van der Waals surface area contributed by atoms with Crippen LogP contribution in [0.1, 0.15) is 25.0 Å². The minimum Gasteiger partial charge on any atom is -0.497 e. The van der Waals surface area contributed by atoms with Crippen molar-refractivity contribution in [1.29, 1.82) is 0 Å². The maximum absolute atomic E-state index is 5.38. The molecular weight excluding hydrogens is 314 g/mol. The number of ether oxygens (including phenoxy) is 3. The fourth-order valence-corrected chi connectivity index (χ4v) is 3.08. The molecule has 1 N–H and O–H groups in total. The molecule has 0 radical (unpaired) electrons. The summed E-state index contributed by atoms with van der Waals surface area (Å²) in [5.41, 5.74) is 2.54.